The number of carbonyl (C=O) groups excluding carboxylic acids is 1. The molecule has 1 spiro atoms. The number of ether oxygens (including phenoxy) is 1. The van der Waals surface area contributed by atoms with Crippen molar-refractivity contribution in [1.29, 1.82) is 0 Å². The molecule has 1 aromatic carbocycles. The number of benzene rings is 1. The van der Waals surface area contributed by atoms with Gasteiger partial charge in [-0.3, -0.25) is 4.79 Å². The zero-order chi connectivity index (χ0) is 17.3. The first kappa shape index (κ1) is 19.2. The van der Waals surface area contributed by atoms with Gasteiger partial charge < -0.3 is 19.9 Å². The van der Waals surface area contributed by atoms with Crippen molar-refractivity contribution in [2.75, 3.05) is 26.2 Å². The SMILES string of the molecule is CCC1NC(=O)COC12CCN(CCc1c[nH]c3ccccc13)CC2.Cl. The molecule has 1 aromatic heterocycles. The Hall–Kier alpha value is -1.56. The van der Waals surface area contributed by atoms with Crippen molar-refractivity contribution in [1.82, 2.24) is 15.2 Å². The molecule has 2 aliphatic heterocycles. The Morgan fingerprint density at radius 3 is 2.81 bits per heavy atom. The first-order chi connectivity index (χ1) is 12.2. The number of aromatic amines is 1. The van der Waals surface area contributed by atoms with Crippen LogP contribution in [0.3, 0.4) is 0 Å². The summed E-state index contributed by atoms with van der Waals surface area (Å²) in [5.41, 5.74) is 2.45. The maximum absolute atomic E-state index is 11.6. The molecular formula is C20H28ClN3O2. The number of hydrogen-bond acceptors (Lipinski definition) is 3. The number of amides is 1. The van der Waals surface area contributed by atoms with Gasteiger partial charge in [0.25, 0.3) is 0 Å². The van der Waals surface area contributed by atoms with Crippen molar-refractivity contribution in [2.24, 2.45) is 0 Å². The minimum atomic E-state index is -0.153. The number of H-pyrrole nitrogens is 1. The van der Waals surface area contributed by atoms with Crippen molar-refractivity contribution in [2.45, 2.75) is 44.2 Å². The molecule has 0 aliphatic carbocycles. The van der Waals surface area contributed by atoms with Gasteiger partial charge in [-0.2, -0.15) is 0 Å². The quantitative estimate of drug-likeness (QED) is 0.861. The topological polar surface area (TPSA) is 57.4 Å². The molecule has 0 radical (unpaired) electrons. The Kier molecular flexibility index (Phi) is 5.90. The molecule has 2 aliphatic rings. The summed E-state index contributed by atoms with van der Waals surface area (Å²) in [7, 11) is 0. The van der Waals surface area contributed by atoms with Crippen LogP contribution in [-0.2, 0) is 16.0 Å². The number of fused-ring (bicyclic) bond motifs is 1. The molecule has 6 heteroatoms. The van der Waals surface area contributed by atoms with Crippen LogP contribution in [0.2, 0.25) is 0 Å². The van der Waals surface area contributed by atoms with Gasteiger partial charge >= 0.3 is 0 Å². The monoisotopic (exact) mass is 377 g/mol. The van der Waals surface area contributed by atoms with E-state index in [1.54, 1.807) is 0 Å². The summed E-state index contributed by atoms with van der Waals surface area (Å²) < 4.78 is 6.03. The standard InChI is InChI=1S/C20H27N3O2.ClH/c1-2-18-20(25-14-19(24)22-18)8-11-23(12-9-20)10-7-15-13-21-17-6-4-3-5-16(15)17;/h3-6,13,18,21H,2,7-12,14H2,1H3,(H,22,24);1H. The second-order valence-corrected chi connectivity index (χ2v) is 7.33. The molecule has 142 valence electrons. The fourth-order valence-corrected chi connectivity index (χ4v) is 4.42. The average molecular weight is 378 g/mol. The van der Waals surface area contributed by atoms with Crippen molar-refractivity contribution in [3.8, 4) is 0 Å². The Labute approximate surface area is 160 Å². The van der Waals surface area contributed by atoms with Crippen LogP contribution in [0.15, 0.2) is 30.5 Å². The molecule has 2 fully saturated rings. The summed E-state index contributed by atoms with van der Waals surface area (Å²) in [6.07, 6.45) is 6.13. The molecule has 4 rings (SSSR count). The summed E-state index contributed by atoms with van der Waals surface area (Å²) in [6, 6.07) is 8.65. The van der Waals surface area contributed by atoms with E-state index in [0.29, 0.717) is 0 Å². The van der Waals surface area contributed by atoms with Gasteiger partial charge in [0.1, 0.15) is 6.61 Å². The molecule has 2 N–H and O–H groups in total. The van der Waals surface area contributed by atoms with Crippen molar-refractivity contribution >= 4 is 29.2 Å². The molecule has 5 nitrogen and oxygen atoms in total. The van der Waals surface area contributed by atoms with Gasteiger partial charge in [0, 0.05) is 36.7 Å². The molecule has 2 saturated heterocycles. The molecule has 2 aromatic rings. The molecule has 0 bridgehead atoms. The maximum Gasteiger partial charge on any atom is 0.246 e. The van der Waals surface area contributed by atoms with E-state index in [2.05, 4.69) is 52.6 Å². The lowest BCUT2D eigenvalue weighted by Crippen LogP contribution is -2.63. The van der Waals surface area contributed by atoms with E-state index in [1.165, 1.54) is 16.5 Å². The lowest BCUT2D eigenvalue weighted by molar-refractivity contribution is -0.161. The highest BCUT2D eigenvalue weighted by molar-refractivity contribution is 5.85. The number of likely N-dealkylation sites (tertiary alicyclic amines) is 1. The summed E-state index contributed by atoms with van der Waals surface area (Å²) in [5, 5.41) is 4.46. The molecule has 1 unspecified atom stereocenters. The lowest BCUT2D eigenvalue weighted by Gasteiger charge is -2.48. The number of halogens is 1. The number of para-hydroxylation sites is 1. The third-order valence-corrected chi connectivity index (χ3v) is 5.94. The number of hydrogen-bond donors (Lipinski definition) is 2. The van der Waals surface area contributed by atoms with Crippen LogP contribution in [0.4, 0.5) is 0 Å². The van der Waals surface area contributed by atoms with Crippen LogP contribution in [0.5, 0.6) is 0 Å². The minimum Gasteiger partial charge on any atom is -0.363 e. The van der Waals surface area contributed by atoms with Crippen molar-refractivity contribution in [3.63, 3.8) is 0 Å². The van der Waals surface area contributed by atoms with Crippen LogP contribution < -0.4 is 5.32 Å². The maximum atomic E-state index is 11.6. The largest absolute Gasteiger partial charge is 0.363 e. The first-order valence-electron chi connectivity index (χ1n) is 9.41. The highest BCUT2D eigenvalue weighted by Crippen LogP contribution is 2.33. The molecule has 1 atom stereocenters. The van der Waals surface area contributed by atoms with Gasteiger partial charge in [-0.25, -0.2) is 0 Å². The zero-order valence-electron chi connectivity index (χ0n) is 15.3. The average Bonchev–Trinajstić information content (AvgIpc) is 3.06. The molecular weight excluding hydrogens is 350 g/mol. The number of morpholine rings is 1. The Morgan fingerprint density at radius 1 is 1.27 bits per heavy atom. The summed E-state index contributed by atoms with van der Waals surface area (Å²) in [6.45, 7) is 5.49. The first-order valence-corrected chi connectivity index (χ1v) is 9.41. The van der Waals surface area contributed by atoms with E-state index in [-0.39, 0.29) is 36.6 Å². The van der Waals surface area contributed by atoms with Gasteiger partial charge in [0.05, 0.1) is 11.6 Å². The predicted octanol–water partition coefficient (Wildman–Crippen LogP) is 2.89. The second-order valence-electron chi connectivity index (χ2n) is 7.33. The van der Waals surface area contributed by atoms with Crippen LogP contribution in [0.1, 0.15) is 31.7 Å². The van der Waals surface area contributed by atoms with E-state index in [0.717, 1.165) is 45.3 Å². The van der Waals surface area contributed by atoms with Crippen molar-refractivity contribution < 1.29 is 9.53 Å². The second kappa shape index (κ2) is 7.99. The molecule has 3 heterocycles. The van der Waals surface area contributed by atoms with Gasteiger partial charge in [-0.05, 0) is 37.3 Å². The number of piperidine rings is 1. The Bertz CT molecular complexity index is 752. The minimum absolute atomic E-state index is 0. The number of aromatic nitrogens is 1. The van der Waals surface area contributed by atoms with Gasteiger partial charge in [-0.15, -0.1) is 12.4 Å². The van der Waals surface area contributed by atoms with E-state index in [4.69, 9.17) is 4.74 Å². The lowest BCUT2D eigenvalue weighted by atomic mass is 9.81. The zero-order valence-corrected chi connectivity index (χ0v) is 16.1. The van der Waals surface area contributed by atoms with E-state index in [1.807, 2.05) is 0 Å². The van der Waals surface area contributed by atoms with Crippen LogP contribution in [0, 0.1) is 0 Å². The third kappa shape index (κ3) is 3.61. The van der Waals surface area contributed by atoms with E-state index < -0.39 is 0 Å². The normalized spacial score (nSPS) is 23.0. The number of rotatable bonds is 4. The summed E-state index contributed by atoms with van der Waals surface area (Å²) >= 11 is 0. The molecule has 26 heavy (non-hydrogen) atoms. The van der Waals surface area contributed by atoms with Crippen LogP contribution in [-0.4, -0.2) is 53.7 Å². The number of nitrogens with zero attached hydrogens (tertiary/aromatic N) is 1. The smallest absolute Gasteiger partial charge is 0.246 e. The summed E-state index contributed by atoms with van der Waals surface area (Å²) in [5.74, 6) is 0.0271. The fourth-order valence-electron chi connectivity index (χ4n) is 4.42. The number of nitrogens with one attached hydrogen (secondary N) is 2. The van der Waals surface area contributed by atoms with Gasteiger partial charge in [0.15, 0.2) is 0 Å². The van der Waals surface area contributed by atoms with E-state index >= 15 is 0 Å². The highest BCUT2D eigenvalue weighted by atomic mass is 35.5. The van der Waals surface area contributed by atoms with E-state index in [9.17, 15) is 4.79 Å². The molecule has 0 saturated carbocycles. The third-order valence-electron chi connectivity index (χ3n) is 5.94. The highest BCUT2D eigenvalue weighted by Gasteiger charge is 2.45. The molecule has 1 amide bonds. The van der Waals surface area contributed by atoms with Crippen molar-refractivity contribution in [3.05, 3.63) is 36.0 Å². The van der Waals surface area contributed by atoms with Gasteiger partial charge in [0.2, 0.25) is 5.91 Å². The fraction of sp³-hybridized carbons (Fsp3) is 0.550. The Morgan fingerprint density at radius 2 is 2.04 bits per heavy atom. The predicted molar refractivity (Wildman–Crippen MR) is 106 cm³/mol. The van der Waals surface area contributed by atoms with Crippen LogP contribution >= 0.6 is 12.4 Å². The Balaban J connectivity index is 0.00000196. The van der Waals surface area contributed by atoms with Crippen LogP contribution in [0.25, 0.3) is 10.9 Å². The number of carbonyl (C=O) groups is 1. The summed E-state index contributed by atoms with van der Waals surface area (Å²) in [4.78, 5) is 17.5. The van der Waals surface area contributed by atoms with Gasteiger partial charge in [-0.1, -0.05) is 25.1 Å².